The molecule has 0 radical (unpaired) electrons. The summed E-state index contributed by atoms with van der Waals surface area (Å²) in [5.74, 6) is 0.359. The molecule has 1 aromatic heterocycles. The Hall–Kier alpha value is -1.62. The molecule has 0 aliphatic carbocycles. The average Bonchev–Trinajstić information content (AvgIpc) is 2.35. The number of pyridine rings is 1. The molecular weight excluding hydrogens is 244 g/mol. The van der Waals surface area contributed by atoms with Gasteiger partial charge < -0.3 is 15.2 Å². The Labute approximate surface area is 114 Å². The van der Waals surface area contributed by atoms with Crippen LogP contribution in [0.15, 0.2) is 18.3 Å². The van der Waals surface area contributed by atoms with Gasteiger partial charge >= 0.3 is 0 Å². The normalized spacial score (nSPS) is 12.6. The van der Waals surface area contributed by atoms with Gasteiger partial charge in [-0.05, 0) is 25.8 Å². The molecule has 0 aromatic carbocycles. The molecule has 0 saturated heterocycles. The van der Waals surface area contributed by atoms with Gasteiger partial charge in [0.15, 0.2) is 0 Å². The van der Waals surface area contributed by atoms with Gasteiger partial charge in [0.05, 0.1) is 17.8 Å². The Morgan fingerprint density at radius 3 is 2.53 bits per heavy atom. The van der Waals surface area contributed by atoms with Crippen molar-refractivity contribution in [1.82, 2.24) is 10.3 Å². The number of rotatable bonds is 6. The Morgan fingerprint density at radius 1 is 1.37 bits per heavy atom. The molecule has 5 nitrogen and oxygen atoms in total. The average molecular weight is 266 g/mol. The van der Waals surface area contributed by atoms with E-state index in [4.69, 9.17) is 4.74 Å². The Kier molecular flexibility index (Phi) is 5.76. The summed E-state index contributed by atoms with van der Waals surface area (Å²) >= 11 is 0. The van der Waals surface area contributed by atoms with Crippen LogP contribution in [0.4, 0.5) is 0 Å². The Morgan fingerprint density at radius 2 is 2.05 bits per heavy atom. The molecule has 0 aliphatic rings. The molecule has 5 heteroatoms. The summed E-state index contributed by atoms with van der Waals surface area (Å²) in [5.41, 5.74) is 0.451. The fourth-order valence-electron chi connectivity index (χ4n) is 1.36. The van der Waals surface area contributed by atoms with E-state index in [9.17, 15) is 9.90 Å². The maximum Gasteiger partial charge on any atom is 0.252 e. The quantitative estimate of drug-likeness (QED) is 0.820. The van der Waals surface area contributed by atoms with Crippen molar-refractivity contribution >= 4 is 5.91 Å². The maximum absolute atomic E-state index is 11.8. The first-order valence-electron chi connectivity index (χ1n) is 6.49. The smallest absolute Gasteiger partial charge is 0.252 e. The van der Waals surface area contributed by atoms with E-state index < -0.39 is 6.10 Å². The SMILES string of the molecule is CC(C)Oc1ccc(C(=O)NCC(O)C(C)C)cn1. The van der Waals surface area contributed by atoms with Crippen LogP contribution in [0.1, 0.15) is 38.1 Å². The van der Waals surface area contributed by atoms with Gasteiger partial charge in [-0.3, -0.25) is 4.79 Å². The van der Waals surface area contributed by atoms with Crippen LogP contribution in [0.3, 0.4) is 0 Å². The lowest BCUT2D eigenvalue weighted by atomic mass is 10.1. The predicted octanol–water partition coefficient (Wildman–Crippen LogP) is 1.62. The molecular formula is C14H22N2O3. The summed E-state index contributed by atoms with van der Waals surface area (Å²) in [4.78, 5) is 15.9. The van der Waals surface area contributed by atoms with E-state index in [1.54, 1.807) is 12.1 Å². The van der Waals surface area contributed by atoms with Crippen LogP contribution in [0, 0.1) is 5.92 Å². The summed E-state index contributed by atoms with van der Waals surface area (Å²) in [6, 6.07) is 3.32. The van der Waals surface area contributed by atoms with Crippen molar-refractivity contribution in [1.29, 1.82) is 0 Å². The summed E-state index contributed by atoms with van der Waals surface area (Å²) in [5, 5.41) is 12.3. The minimum absolute atomic E-state index is 0.0494. The third-order valence-electron chi connectivity index (χ3n) is 2.60. The van der Waals surface area contributed by atoms with Crippen LogP contribution >= 0.6 is 0 Å². The highest BCUT2D eigenvalue weighted by molar-refractivity contribution is 5.93. The second-order valence-corrected chi connectivity index (χ2v) is 5.07. The highest BCUT2D eigenvalue weighted by Crippen LogP contribution is 2.09. The highest BCUT2D eigenvalue weighted by Gasteiger charge is 2.12. The number of hydrogen-bond donors (Lipinski definition) is 2. The lowest BCUT2D eigenvalue weighted by Crippen LogP contribution is -2.34. The lowest BCUT2D eigenvalue weighted by Gasteiger charge is -2.15. The molecule has 1 atom stereocenters. The largest absolute Gasteiger partial charge is 0.475 e. The highest BCUT2D eigenvalue weighted by atomic mass is 16.5. The van der Waals surface area contributed by atoms with Crippen LogP contribution in [0.2, 0.25) is 0 Å². The second kappa shape index (κ2) is 7.09. The number of aliphatic hydroxyl groups excluding tert-OH is 1. The van der Waals surface area contributed by atoms with Crippen molar-refractivity contribution in [2.24, 2.45) is 5.92 Å². The molecule has 0 fully saturated rings. The van der Waals surface area contributed by atoms with Gasteiger partial charge in [0.25, 0.3) is 5.91 Å². The first-order chi connectivity index (χ1) is 8.90. The summed E-state index contributed by atoms with van der Waals surface area (Å²) in [6.07, 6.45) is 0.975. The number of amides is 1. The van der Waals surface area contributed by atoms with Crippen molar-refractivity contribution in [2.75, 3.05) is 6.54 Å². The fourth-order valence-corrected chi connectivity index (χ4v) is 1.36. The van der Waals surface area contributed by atoms with Crippen molar-refractivity contribution in [2.45, 2.75) is 39.9 Å². The zero-order valence-electron chi connectivity index (χ0n) is 11.9. The molecule has 1 amide bonds. The van der Waals surface area contributed by atoms with Gasteiger partial charge in [-0.1, -0.05) is 13.8 Å². The van der Waals surface area contributed by atoms with Crippen LogP contribution in [-0.4, -0.2) is 34.8 Å². The second-order valence-electron chi connectivity index (χ2n) is 5.07. The van der Waals surface area contributed by atoms with Crippen molar-refractivity contribution in [3.63, 3.8) is 0 Å². The van der Waals surface area contributed by atoms with Gasteiger partial charge in [-0.2, -0.15) is 0 Å². The van der Waals surface area contributed by atoms with E-state index in [1.807, 2.05) is 27.7 Å². The fraction of sp³-hybridized carbons (Fsp3) is 0.571. The molecule has 2 N–H and O–H groups in total. The molecule has 1 aromatic rings. The predicted molar refractivity (Wildman–Crippen MR) is 73.2 cm³/mol. The Bertz CT molecular complexity index is 402. The third kappa shape index (κ3) is 5.26. The number of nitrogens with zero attached hydrogens (tertiary/aromatic N) is 1. The number of carbonyl (C=O) groups is 1. The minimum Gasteiger partial charge on any atom is -0.475 e. The number of ether oxygens (including phenoxy) is 1. The topological polar surface area (TPSA) is 71.5 Å². The summed E-state index contributed by atoms with van der Waals surface area (Å²) in [6.45, 7) is 7.86. The summed E-state index contributed by atoms with van der Waals surface area (Å²) < 4.78 is 5.40. The number of aromatic nitrogens is 1. The van der Waals surface area contributed by atoms with Crippen molar-refractivity contribution in [3.05, 3.63) is 23.9 Å². The first-order valence-corrected chi connectivity index (χ1v) is 6.49. The molecule has 19 heavy (non-hydrogen) atoms. The molecule has 1 heterocycles. The van der Waals surface area contributed by atoms with E-state index in [-0.39, 0.29) is 24.5 Å². The molecule has 0 bridgehead atoms. The van der Waals surface area contributed by atoms with Crippen LogP contribution in [-0.2, 0) is 0 Å². The standard InChI is InChI=1S/C14H22N2O3/c1-9(2)12(17)8-16-14(18)11-5-6-13(15-7-11)19-10(3)4/h5-7,9-10,12,17H,8H2,1-4H3,(H,16,18). The Balaban J connectivity index is 2.53. The van der Waals surface area contributed by atoms with E-state index >= 15 is 0 Å². The zero-order chi connectivity index (χ0) is 14.4. The third-order valence-corrected chi connectivity index (χ3v) is 2.60. The van der Waals surface area contributed by atoms with E-state index in [0.717, 1.165) is 0 Å². The van der Waals surface area contributed by atoms with Gasteiger partial charge in [0, 0.05) is 18.8 Å². The van der Waals surface area contributed by atoms with Crippen molar-refractivity contribution < 1.29 is 14.6 Å². The monoisotopic (exact) mass is 266 g/mol. The molecule has 0 spiro atoms. The molecule has 0 aliphatic heterocycles. The number of nitrogens with one attached hydrogen (secondary N) is 1. The van der Waals surface area contributed by atoms with E-state index in [0.29, 0.717) is 11.4 Å². The number of carbonyl (C=O) groups excluding carboxylic acids is 1. The zero-order valence-corrected chi connectivity index (χ0v) is 11.9. The maximum atomic E-state index is 11.8. The van der Waals surface area contributed by atoms with Gasteiger partial charge in [0.1, 0.15) is 0 Å². The van der Waals surface area contributed by atoms with Crippen LogP contribution in [0.25, 0.3) is 0 Å². The number of hydrogen-bond acceptors (Lipinski definition) is 4. The van der Waals surface area contributed by atoms with Crippen molar-refractivity contribution in [3.8, 4) is 5.88 Å². The molecule has 1 rings (SSSR count). The van der Waals surface area contributed by atoms with Gasteiger partial charge in [0.2, 0.25) is 5.88 Å². The van der Waals surface area contributed by atoms with Gasteiger partial charge in [-0.25, -0.2) is 4.98 Å². The van der Waals surface area contributed by atoms with E-state index in [1.165, 1.54) is 6.20 Å². The first kappa shape index (κ1) is 15.4. The minimum atomic E-state index is -0.541. The van der Waals surface area contributed by atoms with Gasteiger partial charge in [-0.15, -0.1) is 0 Å². The number of aliphatic hydroxyl groups is 1. The molecule has 106 valence electrons. The lowest BCUT2D eigenvalue weighted by molar-refractivity contribution is 0.0871. The molecule has 0 saturated carbocycles. The molecule has 1 unspecified atom stereocenters. The van der Waals surface area contributed by atoms with Crippen LogP contribution < -0.4 is 10.1 Å². The van der Waals surface area contributed by atoms with Crippen LogP contribution in [0.5, 0.6) is 5.88 Å². The summed E-state index contributed by atoms with van der Waals surface area (Å²) in [7, 11) is 0. The van der Waals surface area contributed by atoms with E-state index in [2.05, 4.69) is 10.3 Å².